The van der Waals surface area contributed by atoms with E-state index in [0.29, 0.717) is 17.3 Å². The van der Waals surface area contributed by atoms with Gasteiger partial charge in [-0.15, -0.1) is 11.3 Å². The van der Waals surface area contributed by atoms with Crippen molar-refractivity contribution in [1.82, 2.24) is 4.98 Å². The molecule has 0 fully saturated rings. The molecule has 0 saturated heterocycles. The molecule has 0 saturated carbocycles. The number of carbonyl (C=O) groups excluding carboxylic acids is 1. The number of carbonyl (C=O) groups is 1. The first-order chi connectivity index (χ1) is 13.1. The van der Waals surface area contributed by atoms with E-state index in [2.05, 4.69) is 10.3 Å². The van der Waals surface area contributed by atoms with Crippen molar-refractivity contribution in [2.75, 3.05) is 11.9 Å². The average Bonchev–Trinajstić information content (AvgIpc) is 3.26. The summed E-state index contributed by atoms with van der Waals surface area (Å²) in [5.41, 5.74) is 2.52. The molecule has 2 aromatic heterocycles. The van der Waals surface area contributed by atoms with Crippen molar-refractivity contribution < 1.29 is 13.9 Å². The molecule has 0 radical (unpaired) electrons. The molecule has 4 aromatic rings. The molecule has 136 valence electrons. The lowest BCUT2D eigenvalue weighted by Gasteiger charge is -2.04. The molecule has 4 rings (SSSR count). The maximum atomic E-state index is 12.5. The number of para-hydroxylation sites is 1. The van der Waals surface area contributed by atoms with E-state index in [4.69, 9.17) is 9.15 Å². The summed E-state index contributed by atoms with van der Waals surface area (Å²) in [6.07, 6.45) is 0. The Kier molecular flexibility index (Phi) is 4.64. The third kappa shape index (κ3) is 3.57. The second-order valence-electron chi connectivity index (χ2n) is 5.98. The van der Waals surface area contributed by atoms with Gasteiger partial charge in [0.1, 0.15) is 11.3 Å². The lowest BCUT2D eigenvalue weighted by molar-refractivity contribution is 0.0998. The quantitative estimate of drug-likeness (QED) is 0.497. The maximum absolute atomic E-state index is 12.5. The molecule has 0 unspecified atom stereocenters. The molecule has 5 nitrogen and oxygen atoms in total. The molecule has 0 spiro atoms. The van der Waals surface area contributed by atoms with Crippen molar-refractivity contribution in [3.63, 3.8) is 0 Å². The van der Waals surface area contributed by atoms with Crippen LogP contribution in [0.2, 0.25) is 0 Å². The number of hydrogen-bond acceptors (Lipinski definition) is 5. The van der Waals surface area contributed by atoms with E-state index in [0.717, 1.165) is 27.3 Å². The van der Waals surface area contributed by atoms with Crippen molar-refractivity contribution in [2.45, 2.75) is 13.8 Å². The average molecular weight is 378 g/mol. The standard InChI is InChI=1S/C21H18N2O3S/c1-3-25-16-10-8-14(9-11-16)19-13(2)27-21(22-19)23-20(24)18-12-15-6-4-5-7-17(15)26-18/h4-12H,3H2,1-2H3,(H,22,23,24). The van der Waals surface area contributed by atoms with Gasteiger partial charge < -0.3 is 9.15 Å². The van der Waals surface area contributed by atoms with Crippen molar-refractivity contribution in [3.8, 4) is 17.0 Å². The van der Waals surface area contributed by atoms with E-state index >= 15 is 0 Å². The second-order valence-corrected chi connectivity index (χ2v) is 7.19. The number of nitrogens with one attached hydrogen (secondary N) is 1. The molecule has 1 N–H and O–H groups in total. The minimum absolute atomic E-state index is 0.270. The number of furan rings is 1. The molecular formula is C21H18N2O3S. The Morgan fingerprint density at radius 1 is 1.19 bits per heavy atom. The highest BCUT2D eigenvalue weighted by Crippen LogP contribution is 2.31. The van der Waals surface area contributed by atoms with Crippen LogP contribution in [0.3, 0.4) is 0 Å². The highest BCUT2D eigenvalue weighted by Gasteiger charge is 2.16. The molecule has 0 aliphatic rings. The number of amides is 1. The topological polar surface area (TPSA) is 64.4 Å². The minimum Gasteiger partial charge on any atom is -0.494 e. The fourth-order valence-corrected chi connectivity index (χ4v) is 3.68. The highest BCUT2D eigenvalue weighted by molar-refractivity contribution is 7.16. The summed E-state index contributed by atoms with van der Waals surface area (Å²) in [4.78, 5) is 18.1. The predicted molar refractivity (Wildman–Crippen MR) is 108 cm³/mol. The first kappa shape index (κ1) is 17.3. The van der Waals surface area contributed by atoms with Crippen molar-refractivity contribution in [2.24, 2.45) is 0 Å². The van der Waals surface area contributed by atoms with Crippen LogP contribution < -0.4 is 10.1 Å². The second kappa shape index (κ2) is 7.25. The predicted octanol–water partition coefficient (Wildman–Crippen LogP) is 5.52. The summed E-state index contributed by atoms with van der Waals surface area (Å²) >= 11 is 1.44. The van der Waals surface area contributed by atoms with E-state index in [1.54, 1.807) is 6.07 Å². The Balaban J connectivity index is 1.54. The number of aryl methyl sites for hydroxylation is 1. The van der Waals surface area contributed by atoms with E-state index < -0.39 is 0 Å². The molecule has 0 aliphatic carbocycles. The number of thiazole rings is 1. The van der Waals surface area contributed by atoms with Crippen LogP contribution in [0.5, 0.6) is 5.75 Å². The van der Waals surface area contributed by atoms with Gasteiger partial charge in [-0.2, -0.15) is 0 Å². The Labute approximate surface area is 160 Å². The highest BCUT2D eigenvalue weighted by atomic mass is 32.1. The van der Waals surface area contributed by atoms with Crippen molar-refractivity contribution in [3.05, 3.63) is 65.2 Å². The summed E-state index contributed by atoms with van der Waals surface area (Å²) < 4.78 is 11.1. The molecule has 27 heavy (non-hydrogen) atoms. The fourth-order valence-electron chi connectivity index (χ4n) is 2.85. The van der Waals surface area contributed by atoms with Crippen LogP contribution in [-0.4, -0.2) is 17.5 Å². The number of hydrogen-bond donors (Lipinski definition) is 1. The van der Waals surface area contributed by atoms with Gasteiger partial charge in [-0.25, -0.2) is 4.98 Å². The summed E-state index contributed by atoms with van der Waals surface area (Å²) in [6.45, 7) is 4.57. The summed E-state index contributed by atoms with van der Waals surface area (Å²) in [6, 6.07) is 17.0. The zero-order valence-electron chi connectivity index (χ0n) is 15.0. The van der Waals surface area contributed by atoms with Crippen LogP contribution in [0.4, 0.5) is 5.13 Å². The van der Waals surface area contributed by atoms with Crippen LogP contribution in [0.15, 0.2) is 59.0 Å². The molecule has 0 bridgehead atoms. The Hall–Kier alpha value is -3.12. The van der Waals surface area contributed by atoms with E-state index in [9.17, 15) is 4.79 Å². The van der Waals surface area contributed by atoms with Gasteiger partial charge in [0.25, 0.3) is 5.91 Å². The summed E-state index contributed by atoms with van der Waals surface area (Å²) in [7, 11) is 0. The van der Waals surface area contributed by atoms with Gasteiger partial charge in [-0.05, 0) is 50.2 Å². The zero-order chi connectivity index (χ0) is 18.8. The summed E-state index contributed by atoms with van der Waals surface area (Å²) in [5, 5.41) is 4.27. The Morgan fingerprint density at radius 3 is 2.70 bits per heavy atom. The number of fused-ring (bicyclic) bond motifs is 1. The molecular weight excluding hydrogens is 360 g/mol. The van der Waals surface area contributed by atoms with Crippen LogP contribution in [0, 0.1) is 6.92 Å². The van der Waals surface area contributed by atoms with E-state index in [-0.39, 0.29) is 11.7 Å². The van der Waals surface area contributed by atoms with E-state index in [1.807, 2.05) is 62.4 Å². The zero-order valence-corrected chi connectivity index (χ0v) is 15.8. The number of aromatic nitrogens is 1. The van der Waals surface area contributed by atoms with Gasteiger partial charge in [-0.3, -0.25) is 10.1 Å². The van der Waals surface area contributed by atoms with Crippen LogP contribution in [0.1, 0.15) is 22.4 Å². The van der Waals surface area contributed by atoms with Crippen molar-refractivity contribution in [1.29, 1.82) is 0 Å². The Morgan fingerprint density at radius 2 is 1.96 bits per heavy atom. The first-order valence-corrected chi connectivity index (χ1v) is 9.46. The first-order valence-electron chi connectivity index (χ1n) is 8.64. The normalized spacial score (nSPS) is 10.9. The van der Waals surface area contributed by atoms with Crippen LogP contribution in [0.25, 0.3) is 22.2 Å². The SMILES string of the molecule is CCOc1ccc(-c2nc(NC(=O)c3cc4ccccc4o3)sc2C)cc1. The van der Waals surface area contributed by atoms with Gasteiger partial charge in [0.15, 0.2) is 10.9 Å². The molecule has 2 heterocycles. The number of anilines is 1. The number of benzene rings is 2. The number of rotatable bonds is 5. The lowest BCUT2D eigenvalue weighted by Crippen LogP contribution is -2.10. The lowest BCUT2D eigenvalue weighted by atomic mass is 10.1. The fraction of sp³-hybridized carbons (Fsp3) is 0.143. The van der Waals surface area contributed by atoms with E-state index in [1.165, 1.54) is 11.3 Å². The molecule has 0 aliphatic heterocycles. The third-order valence-corrected chi connectivity index (χ3v) is 4.99. The smallest absolute Gasteiger partial charge is 0.293 e. The number of nitrogens with zero attached hydrogens (tertiary/aromatic N) is 1. The molecule has 1 amide bonds. The van der Waals surface area contributed by atoms with Gasteiger partial charge in [0, 0.05) is 15.8 Å². The molecule has 0 atom stereocenters. The molecule has 6 heteroatoms. The third-order valence-electron chi connectivity index (χ3n) is 4.11. The van der Waals surface area contributed by atoms with Gasteiger partial charge in [0.05, 0.1) is 12.3 Å². The van der Waals surface area contributed by atoms with Crippen molar-refractivity contribution >= 4 is 33.3 Å². The minimum atomic E-state index is -0.307. The van der Waals surface area contributed by atoms with Gasteiger partial charge in [0.2, 0.25) is 0 Å². The largest absolute Gasteiger partial charge is 0.494 e. The van der Waals surface area contributed by atoms with Gasteiger partial charge >= 0.3 is 0 Å². The number of ether oxygens (including phenoxy) is 1. The monoisotopic (exact) mass is 378 g/mol. The molecule has 2 aromatic carbocycles. The Bertz CT molecular complexity index is 1060. The van der Waals surface area contributed by atoms with Crippen LogP contribution in [-0.2, 0) is 0 Å². The summed E-state index contributed by atoms with van der Waals surface area (Å²) in [5.74, 6) is 0.789. The maximum Gasteiger partial charge on any atom is 0.293 e. The van der Waals surface area contributed by atoms with Gasteiger partial charge in [-0.1, -0.05) is 18.2 Å². The van der Waals surface area contributed by atoms with Crippen LogP contribution >= 0.6 is 11.3 Å².